The second-order valence-corrected chi connectivity index (χ2v) is 4.35. The number of rotatable bonds is 3. The van der Waals surface area contributed by atoms with Crippen LogP contribution in [0.5, 0.6) is 0 Å². The zero-order valence-corrected chi connectivity index (χ0v) is 7.01. The number of hydrogen-bond donors (Lipinski definition) is 0. The molecular weight excluding hydrogens is 136 g/mol. The zero-order valence-electron chi connectivity index (χ0n) is 7.01. The van der Waals surface area contributed by atoms with E-state index in [2.05, 4.69) is 0 Å². The fourth-order valence-corrected chi connectivity index (χ4v) is 3.03. The van der Waals surface area contributed by atoms with Crippen molar-refractivity contribution in [1.82, 2.24) is 0 Å². The minimum Gasteiger partial charge on any atom is -0.303 e. The van der Waals surface area contributed by atoms with Gasteiger partial charge in [-0.1, -0.05) is 0 Å². The molecule has 1 nitrogen and oxygen atoms in total. The monoisotopic (exact) mass is 152 g/mol. The average molecular weight is 152 g/mol. The van der Waals surface area contributed by atoms with Crippen molar-refractivity contribution in [3.8, 4) is 0 Å². The SMILES string of the molecule is O=CCCC12CCC(CC1)C2. The summed E-state index contributed by atoms with van der Waals surface area (Å²) in [7, 11) is 0. The molecule has 2 rings (SSSR count). The van der Waals surface area contributed by atoms with Gasteiger partial charge in [-0.25, -0.2) is 0 Å². The van der Waals surface area contributed by atoms with Crippen molar-refractivity contribution in [2.24, 2.45) is 11.3 Å². The maximum absolute atomic E-state index is 10.2. The van der Waals surface area contributed by atoms with Crippen LogP contribution in [0.15, 0.2) is 0 Å². The molecule has 0 unspecified atom stereocenters. The molecule has 11 heavy (non-hydrogen) atoms. The molecule has 0 N–H and O–H groups in total. The molecule has 0 radical (unpaired) electrons. The molecule has 2 bridgehead atoms. The van der Waals surface area contributed by atoms with E-state index >= 15 is 0 Å². The number of hydrogen-bond acceptors (Lipinski definition) is 1. The molecule has 2 saturated carbocycles. The van der Waals surface area contributed by atoms with Crippen LogP contribution in [0.4, 0.5) is 0 Å². The molecule has 0 saturated heterocycles. The van der Waals surface area contributed by atoms with Crippen molar-refractivity contribution in [3.05, 3.63) is 0 Å². The van der Waals surface area contributed by atoms with Crippen LogP contribution in [-0.4, -0.2) is 6.29 Å². The van der Waals surface area contributed by atoms with Crippen LogP contribution in [0.25, 0.3) is 0 Å². The Hall–Kier alpha value is -0.330. The van der Waals surface area contributed by atoms with E-state index in [0.29, 0.717) is 5.41 Å². The highest BCUT2D eigenvalue weighted by Gasteiger charge is 2.43. The van der Waals surface area contributed by atoms with Crippen LogP contribution in [0.3, 0.4) is 0 Å². The molecule has 0 aromatic heterocycles. The quantitative estimate of drug-likeness (QED) is 0.568. The van der Waals surface area contributed by atoms with E-state index in [0.717, 1.165) is 18.6 Å². The minimum absolute atomic E-state index is 0.631. The van der Waals surface area contributed by atoms with Crippen LogP contribution in [-0.2, 0) is 4.79 Å². The molecule has 2 aliphatic rings. The Morgan fingerprint density at radius 2 is 2.09 bits per heavy atom. The van der Waals surface area contributed by atoms with Gasteiger partial charge in [0.25, 0.3) is 0 Å². The molecule has 0 aromatic rings. The maximum atomic E-state index is 10.2. The predicted octanol–water partition coefficient (Wildman–Crippen LogP) is 2.55. The zero-order chi connectivity index (χ0) is 7.73. The van der Waals surface area contributed by atoms with Crippen LogP contribution in [0.1, 0.15) is 44.9 Å². The van der Waals surface area contributed by atoms with E-state index in [-0.39, 0.29) is 0 Å². The Morgan fingerprint density at radius 3 is 2.55 bits per heavy atom. The summed E-state index contributed by atoms with van der Waals surface area (Å²) < 4.78 is 0. The topological polar surface area (TPSA) is 17.1 Å². The first kappa shape index (κ1) is 7.33. The standard InChI is InChI=1S/C10H16O/c11-7-1-4-10-5-2-9(8-10)3-6-10/h7,9H,1-6,8H2. The highest BCUT2D eigenvalue weighted by Crippen LogP contribution is 2.56. The van der Waals surface area contributed by atoms with E-state index in [1.807, 2.05) is 0 Å². The van der Waals surface area contributed by atoms with E-state index < -0.39 is 0 Å². The summed E-state index contributed by atoms with van der Waals surface area (Å²) in [6, 6.07) is 0. The number of fused-ring (bicyclic) bond motifs is 2. The Morgan fingerprint density at radius 1 is 1.36 bits per heavy atom. The van der Waals surface area contributed by atoms with Crippen molar-refractivity contribution < 1.29 is 4.79 Å². The van der Waals surface area contributed by atoms with Gasteiger partial charge in [0.15, 0.2) is 0 Å². The summed E-state index contributed by atoms with van der Waals surface area (Å²) in [5.74, 6) is 1.03. The third-order valence-corrected chi connectivity index (χ3v) is 3.68. The lowest BCUT2D eigenvalue weighted by molar-refractivity contribution is -0.108. The third-order valence-electron chi connectivity index (χ3n) is 3.68. The van der Waals surface area contributed by atoms with Crippen molar-refractivity contribution in [3.63, 3.8) is 0 Å². The molecule has 2 fully saturated rings. The van der Waals surface area contributed by atoms with Crippen molar-refractivity contribution in [2.45, 2.75) is 44.9 Å². The predicted molar refractivity (Wildman–Crippen MR) is 44.3 cm³/mol. The van der Waals surface area contributed by atoms with Crippen LogP contribution in [0.2, 0.25) is 0 Å². The minimum atomic E-state index is 0.631. The van der Waals surface area contributed by atoms with Gasteiger partial charge in [0, 0.05) is 6.42 Å². The van der Waals surface area contributed by atoms with Gasteiger partial charge < -0.3 is 4.79 Å². The summed E-state index contributed by atoms with van der Waals surface area (Å²) >= 11 is 0. The number of carbonyl (C=O) groups is 1. The summed E-state index contributed by atoms with van der Waals surface area (Å²) in [5.41, 5.74) is 0.631. The van der Waals surface area contributed by atoms with Gasteiger partial charge in [-0.15, -0.1) is 0 Å². The van der Waals surface area contributed by atoms with Gasteiger partial charge >= 0.3 is 0 Å². The number of aldehydes is 1. The first-order valence-corrected chi connectivity index (χ1v) is 4.78. The Balaban J connectivity index is 1.94. The van der Waals surface area contributed by atoms with Crippen molar-refractivity contribution in [2.75, 3.05) is 0 Å². The third kappa shape index (κ3) is 1.21. The van der Waals surface area contributed by atoms with Gasteiger partial charge in [0.2, 0.25) is 0 Å². The largest absolute Gasteiger partial charge is 0.303 e. The first-order chi connectivity index (χ1) is 5.35. The first-order valence-electron chi connectivity index (χ1n) is 4.78. The molecular formula is C10H16O. The van der Waals surface area contributed by atoms with Crippen molar-refractivity contribution >= 4 is 6.29 Å². The van der Waals surface area contributed by atoms with Gasteiger partial charge in [0.05, 0.1) is 0 Å². The van der Waals surface area contributed by atoms with Crippen LogP contribution in [0, 0.1) is 11.3 Å². The fraction of sp³-hybridized carbons (Fsp3) is 0.900. The van der Waals surface area contributed by atoms with E-state index in [1.54, 1.807) is 0 Å². The molecule has 1 heteroatoms. The van der Waals surface area contributed by atoms with Gasteiger partial charge in [-0.2, -0.15) is 0 Å². The van der Waals surface area contributed by atoms with E-state index in [9.17, 15) is 4.79 Å². The highest BCUT2D eigenvalue weighted by atomic mass is 16.1. The normalized spacial score (nSPS) is 41.3. The van der Waals surface area contributed by atoms with Crippen LogP contribution < -0.4 is 0 Å². The van der Waals surface area contributed by atoms with Crippen molar-refractivity contribution in [1.29, 1.82) is 0 Å². The summed E-state index contributed by atoms with van der Waals surface area (Å²) in [6.45, 7) is 0. The molecule has 62 valence electrons. The molecule has 0 amide bonds. The van der Waals surface area contributed by atoms with Gasteiger partial charge in [0.1, 0.15) is 6.29 Å². The maximum Gasteiger partial charge on any atom is 0.120 e. The summed E-state index contributed by atoms with van der Waals surface area (Å²) in [4.78, 5) is 10.2. The Bertz CT molecular complexity index is 154. The Kier molecular flexibility index (Phi) is 1.74. The molecule has 0 aliphatic heterocycles. The molecule has 0 spiro atoms. The summed E-state index contributed by atoms with van der Waals surface area (Å²) in [5, 5.41) is 0. The smallest absolute Gasteiger partial charge is 0.120 e. The fourth-order valence-electron chi connectivity index (χ4n) is 3.03. The number of carbonyl (C=O) groups excluding carboxylic acids is 1. The van der Waals surface area contributed by atoms with Crippen LogP contribution >= 0.6 is 0 Å². The summed E-state index contributed by atoms with van der Waals surface area (Å²) in [6.07, 6.45) is 10.2. The van der Waals surface area contributed by atoms with E-state index in [1.165, 1.54) is 38.5 Å². The molecule has 0 aromatic carbocycles. The lowest BCUT2D eigenvalue weighted by atomic mass is 9.80. The molecule has 2 aliphatic carbocycles. The lowest BCUT2D eigenvalue weighted by Gasteiger charge is -2.25. The van der Waals surface area contributed by atoms with E-state index in [4.69, 9.17) is 0 Å². The second-order valence-electron chi connectivity index (χ2n) is 4.35. The highest BCUT2D eigenvalue weighted by molar-refractivity contribution is 5.49. The Labute approximate surface area is 68.2 Å². The molecule has 0 heterocycles. The van der Waals surface area contributed by atoms with Gasteiger partial charge in [-0.05, 0) is 49.9 Å². The average Bonchev–Trinajstić information content (AvgIpc) is 2.60. The molecule has 0 atom stereocenters. The lowest BCUT2D eigenvalue weighted by Crippen LogP contribution is -2.13. The van der Waals surface area contributed by atoms with Gasteiger partial charge in [-0.3, -0.25) is 0 Å². The second kappa shape index (κ2) is 2.62.